The molecule has 33 heavy (non-hydrogen) atoms. The number of aliphatic hydroxyl groups is 1. The molecule has 0 radical (unpaired) electrons. The molecule has 0 spiro atoms. The molecule has 2 aromatic heterocycles. The third-order valence-electron chi connectivity index (χ3n) is 6.20. The number of benzene rings is 2. The highest BCUT2D eigenvalue weighted by atomic mass is 16.5. The molecule has 1 atom stereocenters. The van der Waals surface area contributed by atoms with Gasteiger partial charge in [-0.25, -0.2) is 4.98 Å². The van der Waals surface area contributed by atoms with E-state index in [9.17, 15) is 5.11 Å². The number of ether oxygens (including phenoxy) is 1. The van der Waals surface area contributed by atoms with E-state index >= 15 is 0 Å². The van der Waals surface area contributed by atoms with Gasteiger partial charge in [0.05, 0.1) is 11.9 Å². The molecule has 2 N–H and O–H groups in total. The van der Waals surface area contributed by atoms with Crippen LogP contribution in [0.1, 0.15) is 22.4 Å². The lowest BCUT2D eigenvalue weighted by molar-refractivity contribution is 0.0634. The van der Waals surface area contributed by atoms with Crippen molar-refractivity contribution in [3.63, 3.8) is 0 Å². The molecule has 1 aliphatic rings. The van der Waals surface area contributed by atoms with Crippen LogP contribution in [0.15, 0.2) is 79.1 Å². The van der Waals surface area contributed by atoms with Crippen molar-refractivity contribution in [1.29, 1.82) is 0 Å². The van der Waals surface area contributed by atoms with E-state index in [0.29, 0.717) is 19.6 Å². The van der Waals surface area contributed by atoms with Gasteiger partial charge in [-0.2, -0.15) is 0 Å². The van der Waals surface area contributed by atoms with Crippen LogP contribution in [-0.4, -0.2) is 45.2 Å². The van der Waals surface area contributed by atoms with Gasteiger partial charge in [0.15, 0.2) is 0 Å². The summed E-state index contributed by atoms with van der Waals surface area (Å²) in [6, 6.07) is 22.6. The number of pyridine rings is 1. The highest BCUT2D eigenvalue weighted by molar-refractivity contribution is 5.40. The number of aromatic nitrogens is 2. The van der Waals surface area contributed by atoms with E-state index in [1.54, 1.807) is 0 Å². The first-order valence-corrected chi connectivity index (χ1v) is 11.6. The largest absolute Gasteiger partial charge is 0.491 e. The summed E-state index contributed by atoms with van der Waals surface area (Å²) < 4.78 is 8.12. The Morgan fingerprint density at radius 2 is 1.79 bits per heavy atom. The maximum absolute atomic E-state index is 10.6. The van der Waals surface area contributed by atoms with Gasteiger partial charge in [-0.05, 0) is 35.7 Å². The van der Waals surface area contributed by atoms with Gasteiger partial charge in [0.1, 0.15) is 24.1 Å². The van der Waals surface area contributed by atoms with Gasteiger partial charge >= 0.3 is 0 Å². The van der Waals surface area contributed by atoms with Crippen LogP contribution in [0.4, 0.5) is 0 Å². The molecule has 0 unspecified atom stereocenters. The fourth-order valence-corrected chi connectivity index (χ4v) is 4.48. The van der Waals surface area contributed by atoms with Gasteiger partial charge in [-0.3, -0.25) is 4.90 Å². The SMILES string of the molecule is O[C@H](COc1ccccc1CNCc1cnc2ccccn12)CN1CCc2ccccc2C1. The number of nitrogens with zero attached hydrogens (tertiary/aromatic N) is 3. The number of hydrogen-bond acceptors (Lipinski definition) is 5. The lowest BCUT2D eigenvalue weighted by Gasteiger charge is -2.30. The minimum Gasteiger partial charge on any atom is -0.491 e. The Morgan fingerprint density at radius 1 is 0.970 bits per heavy atom. The Hall–Kier alpha value is -3.19. The second-order valence-corrected chi connectivity index (χ2v) is 8.61. The smallest absolute Gasteiger partial charge is 0.136 e. The Balaban J connectivity index is 1.12. The summed E-state index contributed by atoms with van der Waals surface area (Å²) in [6.45, 7) is 4.13. The Labute approximate surface area is 194 Å². The molecule has 6 nitrogen and oxygen atoms in total. The minimum absolute atomic E-state index is 0.280. The van der Waals surface area contributed by atoms with Gasteiger partial charge in [-0.15, -0.1) is 0 Å². The third kappa shape index (κ3) is 5.25. The van der Waals surface area contributed by atoms with Crippen molar-refractivity contribution >= 4 is 5.65 Å². The molecule has 4 aromatic rings. The van der Waals surface area contributed by atoms with Gasteiger partial charge < -0.3 is 19.6 Å². The van der Waals surface area contributed by atoms with E-state index in [0.717, 1.165) is 42.2 Å². The Morgan fingerprint density at radius 3 is 2.73 bits per heavy atom. The minimum atomic E-state index is -0.533. The number of rotatable bonds is 9. The zero-order valence-electron chi connectivity index (χ0n) is 18.7. The summed E-state index contributed by atoms with van der Waals surface area (Å²) in [7, 11) is 0. The summed E-state index contributed by atoms with van der Waals surface area (Å²) in [5.74, 6) is 0.811. The maximum Gasteiger partial charge on any atom is 0.136 e. The van der Waals surface area contributed by atoms with Crippen LogP contribution in [0.3, 0.4) is 0 Å². The molecule has 0 amide bonds. The van der Waals surface area contributed by atoms with Crippen molar-refractivity contribution in [2.24, 2.45) is 0 Å². The Bertz CT molecular complexity index is 1210. The molecule has 170 valence electrons. The number of β-amino-alcohol motifs (C(OH)–C–C–N with tert-alkyl or cyclic N) is 1. The summed E-state index contributed by atoms with van der Waals surface area (Å²) in [5, 5.41) is 14.1. The van der Waals surface area contributed by atoms with Crippen molar-refractivity contribution in [3.8, 4) is 5.75 Å². The molecule has 5 rings (SSSR count). The molecule has 0 saturated carbocycles. The number of imidazole rings is 1. The first kappa shape index (κ1) is 21.6. The first-order chi connectivity index (χ1) is 16.3. The van der Waals surface area contributed by atoms with Crippen molar-refractivity contribution < 1.29 is 9.84 Å². The van der Waals surface area contributed by atoms with Crippen molar-refractivity contribution in [2.45, 2.75) is 32.2 Å². The molecule has 0 saturated heterocycles. The summed E-state index contributed by atoms with van der Waals surface area (Å²) >= 11 is 0. The lowest BCUT2D eigenvalue weighted by Crippen LogP contribution is -2.38. The van der Waals surface area contributed by atoms with Gasteiger partial charge in [0.2, 0.25) is 0 Å². The normalized spacial score (nSPS) is 14.8. The molecule has 0 aliphatic carbocycles. The number of nitrogens with one attached hydrogen (secondary N) is 1. The van der Waals surface area contributed by atoms with Gasteiger partial charge in [0, 0.05) is 44.5 Å². The van der Waals surface area contributed by atoms with Crippen LogP contribution >= 0.6 is 0 Å². The topological polar surface area (TPSA) is 62.0 Å². The zero-order valence-corrected chi connectivity index (χ0v) is 18.7. The van der Waals surface area contributed by atoms with E-state index in [4.69, 9.17) is 4.74 Å². The molecule has 0 bridgehead atoms. The van der Waals surface area contributed by atoms with Crippen LogP contribution in [0.5, 0.6) is 5.75 Å². The van der Waals surface area contributed by atoms with Crippen molar-refractivity contribution in [3.05, 3.63) is 102 Å². The fourth-order valence-electron chi connectivity index (χ4n) is 4.48. The molecule has 2 aromatic carbocycles. The van der Waals surface area contributed by atoms with Crippen molar-refractivity contribution in [1.82, 2.24) is 19.6 Å². The highest BCUT2D eigenvalue weighted by Crippen LogP contribution is 2.20. The van der Waals surface area contributed by atoms with E-state index in [1.165, 1.54) is 11.1 Å². The van der Waals surface area contributed by atoms with Crippen LogP contribution in [0.2, 0.25) is 0 Å². The quantitative estimate of drug-likeness (QED) is 0.416. The van der Waals surface area contributed by atoms with Crippen LogP contribution in [-0.2, 0) is 26.1 Å². The maximum atomic E-state index is 10.6. The molecule has 3 heterocycles. The van der Waals surface area contributed by atoms with E-state index < -0.39 is 6.10 Å². The highest BCUT2D eigenvalue weighted by Gasteiger charge is 2.19. The average Bonchev–Trinajstić information content (AvgIpc) is 3.26. The zero-order chi connectivity index (χ0) is 22.5. The molecular formula is C27H30N4O2. The molecule has 6 heteroatoms. The third-order valence-corrected chi connectivity index (χ3v) is 6.20. The monoisotopic (exact) mass is 442 g/mol. The lowest BCUT2D eigenvalue weighted by atomic mass is 10.00. The van der Waals surface area contributed by atoms with Crippen LogP contribution in [0, 0.1) is 0 Å². The van der Waals surface area contributed by atoms with Crippen LogP contribution < -0.4 is 10.1 Å². The average molecular weight is 443 g/mol. The van der Waals surface area contributed by atoms with Crippen LogP contribution in [0.25, 0.3) is 5.65 Å². The standard InChI is InChI=1S/C27H30N4O2/c32-25(19-30-14-12-21-7-1-2-9-23(21)18-30)20-33-26-10-4-3-8-22(26)15-28-16-24-17-29-27-11-5-6-13-31(24)27/h1-11,13,17,25,28,32H,12,14-16,18-20H2/t25-/m0/s1. The summed E-state index contributed by atoms with van der Waals surface area (Å²) in [6.07, 6.45) is 4.43. The van der Waals surface area contributed by atoms with E-state index in [2.05, 4.69) is 49.9 Å². The summed E-state index contributed by atoms with van der Waals surface area (Å²) in [5.41, 5.74) is 5.92. The van der Waals surface area contributed by atoms with E-state index in [1.807, 2.05) is 48.8 Å². The predicted molar refractivity (Wildman–Crippen MR) is 129 cm³/mol. The van der Waals surface area contributed by atoms with Gasteiger partial charge in [-0.1, -0.05) is 48.5 Å². The van der Waals surface area contributed by atoms with E-state index in [-0.39, 0.29) is 6.61 Å². The molecule has 0 fully saturated rings. The number of hydrogen-bond donors (Lipinski definition) is 2. The number of fused-ring (bicyclic) bond motifs is 2. The summed E-state index contributed by atoms with van der Waals surface area (Å²) in [4.78, 5) is 6.74. The number of para-hydroxylation sites is 1. The first-order valence-electron chi connectivity index (χ1n) is 11.6. The van der Waals surface area contributed by atoms with Crippen molar-refractivity contribution in [2.75, 3.05) is 19.7 Å². The second-order valence-electron chi connectivity index (χ2n) is 8.61. The fraction of sp³-hybridized carbons (Fsp3) is 0.296. The Kier molecular flexibility index (Phi) is 6.67. The predicted octanol–water partition coefficient (Wildman–Crippen LogP) is 3.42. The second kappa shape index (κ2) is 10.2. The van der Waals surface area contributed by atoms with Gasteiger partial charge in [0.25, 0.3) is 0 Å². The molecule has 1 aliphatic heterocycles. The molecular weight excluding hydrogens is 412 g/mol. The number of aliphatic hydroxyl groups excluding tert-OH is 1.